The monoisotopic (exact) mass is 272 g/mol. The molecule has 6 heteroatoms. The van der Waals surface area contributed by atoms with Gasteiger partial charge in [0.2, 0.25) is 5.88 Å². The lowest BCUT2D eigenvalue weighted by atomic mass is 10.2. The van der Waals surface area contributed by atoms with Gasteiger partial charge in [-0.05, 0) is 30.2 Å². The third kappa shape index (κ3) is 3.09. The average Bonchev–Trinajstić information content (AvgIpc) is 2.46. The molecule has 0 saturated carbocycles. The van der Waals surface area contributed by atoms with Crippen molar-refractivity contribution in [2.24, 2.45) is 0 Å². The van der Waals surface area contributed by atoms with Gasteiger partial charge in [-0.1, -0.05) is 5.92 Å². The molecule has 2 rings (SSSR count). The fraction of sp³-hybridized carbons (Fsp3) is 0.0714. The number of nitro groups is 1. The van der Waals surface area contributed by atoms with Gasteiger partial charge in [0.1, 0.15) is 5.82 Å². The lowest BCUT2D eigenvalue weighted by Gasteiger charge is -1.99. The smallest absolute Gasteiger partial charge is 0.303 e. The van der Waals surface area contributed by atoms with Crippen LogP contribution in [0, 0.1) is 27.8 Å². The summed E-state index contributed by atoms with van der Waals surface area (Å²) in [6, 6.07) is 8.15. The van der Waals surface area contributed by atoms with Gasteiger partial charge >= 0.3 is 5.69 Å². The first-order chi connectivity index (χ1) is 9.60. The fourth-order valence-corrected chi connectivity index (χ4v) is 1.45. The molecular weight excluding hydrogens is 263 g/mol. The van der Waals surface area contributed by atoms with Crippen LogP contribution in [0.2, 0.25) is 0 Å². The Hall–Kier alpha value is -2.94. The van der Waals surface area contributed by atoms with Gasteiger partial charge in [-0.3, -0.25) is 10.1 Å². The van der Waals surface area contributed by atoms with Crippen LogP contribution in [-0.2, 0) is 0 Å². The van der Waals surface area contributed by atoms with E-state index >= 15 is 0 Å². The van der Waals surface area contributed by atoms with Crippen molar-refractivity contribution in [1.29, 1.82) is 0 Å². The maximum atomic E-state index is 12.8. The highest BCUT2D eigenvalue weighted by atomic mass is 19.1. The molecular formula is C14H9FN2O3. The molecule has 0 aliphatic heterocycles. The maximum Gasteiger partial charge on any atom is 0.303 e. The second-order valence-electron chi connectivity index (χ2n) is 3.74. The van der Waals surface area contributed by atoms with Gasteiger partial charge in [0.05, 0.1) is 12.0 Å². The summed E-state index contributed by atoms with van der Waals surface area (Å²) in [5.74, 6) is 5.16. The highest BCUT2D eigenvalue weighted by Gasteiger charge is 2.14. The zero-order chi connectivity index (χ0) is 14.5. The third-order valence-electron chi connectivity index (χ3n) is 2.42. The SMILES string of the molecule is COc1ccc([N+](=O)[O-])c(C#Cc2ccc(F)cc2)n1. The summed E-state index contributed by atoms with van der Waals surface area (Å²) in [6.45, 7) is 0. The van der Waals surface area contributed by atoms with Crippen LogP contribution in [0.1, 0.15) is 11.3 Å². The van der Waals surface area contributed by atoms with E-state index in [1.807, 2.05) is 0 Å². The Morgan fingerprint density at radius 3 is 2.50 bits per heavy atom. The van der Waals surface area contributed by atoms with E-state index in [2.05, 4.69) is 16.8 Å². The van der Waals surface area contributed by atoms with Crippen LogP contribution in [0.15, 0.2) is 36.4 Å². The summed E-state index contributed by atoms with van der Waals surface area (Å²) in [7, 11) is 1.41. The van der Waals surface area contributed by atoms with Crippen LogP contribution in [0.25, 0.3) is 0 Å². The standard InChI is InChI=1S/C14H9FN2O3/c1-20-14-9-8-13(17(18)19)12(16-14)7-4-10-2-5-11(15)6-3-10/h2-3,5-6,8-9H,1H3. The van der Waals surface area contributed by atoms with Crippen LogP contribution in [0.4, 0.5) is 10.1 Å². The van der Waals surface area contributed by atoms with Crippen molar-refractivity contribution in [2.75, 3.05) is 7.11 Å². The number of rotatable bonds is 2. The third-order valence-corrected chi connectivity index (χ3v) is 2.42. The topological polar surface area (TPSA) is 65.3 Å². The van der Waals surface area contributed by atoms with Crippen LogP contribution < -0.4 is 4.74 Å². The molecule has 0 unspecified atom stereocenters. The van der Waals surface area contributed by atoms with Crippen LogP contribution >= 0.6 is 0 Å². The molecule has 100 valence electrons. The lowest BCUT2D eigenvalue weighted by molar-refractivity contribution is -0.385. The second-order valence-corrected chi connectivity index (χ2v) is 3.74. The summed E-state index contributed by atoms with van der Waals surface area (Å²) >= 11 is 0. The number of methoxy groups -OCH3 is 1. The van der Waals surface area contributed by atoms with E-state index < -0.39 is 4.92 Å². The van der Waals surface area contributed by atoms with Crippen molar-refractivity contribution in [3.63, 3.8) is 0 Å². The molecule has 0 aliphatic rings. The zero-order valence-electron chi connectivity index (χ0n) is 10.5. The minimum absolute atomic E-state index is 0.00123. The molecule has 2 aromatic rings. The Morgan fingerprint density at radius 2 is 1.90 bits per heavy atom. The average molecular weight is 272 g/mol. The van der Waals surface area contributed by atoms with E-state index in [-0.39, 0.29) is 23.1 Å². The Kier molecular flexibility index (Phi) is 3.91. The van der Waals surface area contributed by atoms with Gasteiger partial charge in [0.15, 0.2) is 5.69 Å². The summed E-state index contributed by atoms with van der Waals surface area (Å²) in [5, 5.41) is 10.9. The molecule has 0 aliphatic carbocycles. The first kappa shape index (κ1) is 13.5. The van der Waals surface area contributed by atoms with Gasteiger partial charge in [-0.2, -0.15) is 4.98 Å². The molecule has 0 saturated heterocycles. The summed E-state index contributed by atoms with van der Waals surface area (Å²) in [5.41, 5.74) is 0.324. The summed E-state index contributed by atoms with van der Waals surface area (Å²) in [4.78, 5) is 14.2. The molecule has 0 spiro atoms. The molecule has 20 heavy (non-hydrogen) atoms. The van der Waals surface area contributed by atoms with Crippen molar-refractivity contribution in [3.05, 3.63) is 63.6 Å². The Balaban J connectivity index is 2.42. The normalized spacial score (nSPS) is 9.50. The van der Waals surface area contributed by atoms with Crippen molar-refractivity contribution in [3.8, 4) is 17.7 Å². The number of aromatic nitrogens is 1. The predicted octanol–water partition coefficient (Wildman–Crippen LogP) is 2.54. The predicted molar refractivity (Wildman–Crippen MR) is 69.8 cm³/mol. The molecule has 1 heterocycles. The van der Waals surface area contributed by atoms with Crippen LogP contribution in [0.5, 0.6) is 5.88 Å². The van der Waals surface area contributed by atoms with E-state index in [9.17, 15) is 14.5 Å². The number of hydrogen-bond donors (Lipinski definition) is 0. The number of hydrogen-bond acceptors (Lipinski definition) is 4. The Bertz CT molecular complexity index is 703. The van der Waals surface area contributed by atoms with E-state index in [0.717, 1.165) is 0 Å². The second kappa shape index (κ2) is 5.80. The van der Waals surface area contributed by atoms with Crippen LogP contribution in [-0.4, -0.2) is 17.0 Å². The quantitative estimate of drug-likeness (QED) is 0.478. The van der Waals surface area contributed by atoms with Gasteiger partial charge in [-0.15, -0.1) is 0 Å². The molecule has 1 aromatic heterocycles. The highest BCUT2D eigenvalue weighted by molar-refractivity contribution is 5.50. The molecule has 0 amide bonds. The number of benzene rings is 1. The lowest BCUT2D eigenvalue weighted by Crippen LogP contribution is -1.97. The molecule has 5 nitrogen and oxygen atoms in total. The molecule has 0 atom stereocenters. The van der Waals surface area contributed by atoms with E-state index in [4.69, 9.17) is 4.74 Å². The molecule has 0 bridgehead atoms. The summed E-state index contributed by atoms with van der Waals surface area (Å²) in [6.07, 6.45) is 0. The Morgan fingerprint density at radius 1 is 1.20 bits per heavy atom. The van der Waals surface area contributed by atoms with Gasteiger partial charge < -0.3 is 4.74 Å². The largest absolute Gasteiger partial charge is 0.481 e. The molecule has 0 N–H and O–H groups in total. The first-order valence-corrected chi connectivity index (χ1v) is 5.57. The van der Waals surface area contributed by atoms with Crippen molar-refractivity contribution < 1.29 is 14.1 Å². The molecule has 1 aromatic carbocycles. The highest BCUT2D eigenvalue weighted by Crippen LogP contribution is 2.19. The summed E-state index contributed by atoms with van der Waals surface area (Å²) < 4.78 is 17.7. The first-order valence-electron chi connectivity index (χ1n) is 5.57. The van der Waals surface area contributed by atoms with Crippen molar-refractivity contribution >= 4 is 5.69 Å². The minimum atomic E-state index is -0.568. The number of halogens is 1. The van der Waals surface area contributed by atoms with Crippen molar-refractivity contribution in [1.82, 2.24) is 4.98 Å². The van der Waals surface area contributed by atoms with E-state index in [1.165, 1.54) is 43.5 Å². The molecule has 0 radical (unpaired) electrons. The number of pyridine rings is 1. The minimum Gasteiger partial charge on any atom is -0.481 e. The maximum absolute atomic E-state index is 12.8. The van der Waals surface area contributed by atoms with Crippen LogP contribution in [0.3, 0.4) is 0 Å². The van der Waals surface area contributed by atoms with Crippen molar-refractivity contribution in [2.45, 2.75) is 0 Å². The van der Waals surface area contributed by atoms with Gasteiger partial charge in [0, 0.05) is 17.7 Å². The van der Waals surface area contributed by atoms with Gasteiger partial charge in [0.25, 0.3) is 0 Å². The van der Waals surface area contributed by atoms with E-state index in [1.54, 1.807) is 0 Å². The molecule has 0 fully saturated rings. The zero-order valence-corrected chi connectivity index (χ0v) is 10.5. The van der Waals surface area contributed by atoms with E-state index in [0.29, 0.717) is 5.56 Å². The fourth-order valence-electron chi connectivity index (χ4n) is 1.45. The Labute approximate surface area is 114 Å². The number of ether oxygens (including phenoxy) is 1. The number of nitrogens with zero attached hydrogens (tertiary/aromatic N) is 2. The van der Waals surface area contributed by atoms with Gasteiger partial charge in [-0.25, -0.2) is 4.39 Å².